The molecule has 1 saturated carbocycles. The third-order valence-corrected chi connectivity index (χ3v) is 6.64. The normalized spacial score (nSPS) is 24.5. The zero-order chi connectivity index (χ0) is 20.1. The van der Waals surface area contributed by atoms with E-state index in [1.54, 1.807) is 0 Å². The summed E-state index contributed by atoms with van der Waals surface area (Å²) in [6, 6.07) is 11.0. The Morgan fingerprint density at radius 1 is 1.07 bits per heavy atom. The number of nitrogens with one attached hydrogen (secondary N) is 1. The van der Waals surface area contributed by atoms with Crippen LogP contribution in [0, 0.1) is 5.92 Å². The molecule has 1 unspecified atom stereocenters. The van der Waals surface area contributed by atoms with Gasteiger partial charge in [-0.1, -0.05) is 30.3 Å². The highest BCUT2D eigenvalue weighted by atomic mass is 127. The first-order chi connectivity index (χ1) is 14.2. The van der Waals surface area contributed by atoms with Crippen molar-refractivity contribution in [2.45, 2.75) is 50.9 Å². The minimum absolute atomic E-state index is 0. The highest BCUT2D eigenvalue weighted by Crippen LogP contribution is 2.35. The number of nitrogens with zero attached hydrogens (tertiary/aromatic N) is 4. The Hall–Kier alpha value is -1.57. The van der Waals surface area contributed by atoms with Crippen molar-refractivity contribution >= 4 is 29.9 Å². The molecule has 1 atom stereocenters. The number of guanidine groups is 1. The topological polar surface area (TPSA) is 45.5 Å². The number of hydrogen-bond acceptors (Lipinski definition) is 2. The second-order valence-corrected chi connectivity index (χ2v) is 8.70. The van der Waals surface area contributed by atoms with Gasteiger partial charge >= 0.3 is 0 Å². The van der Waals surface area contributed by atoms with Crippen LogP contribution >= 0.6 is 24.0 Å². The van der Waals surface area contributed by atoms with Crippen LogP contribution < -0.4 is 5.32 Å². The highest BCUT2D eigenvalue weighted by Gasteiger charge is 2.27. The molecule has 1 N–H and O–H groups in total. The van der Waals surface area contributed by atoms with Crippen molar-refractivity contribution in [1.29, 1.82) is 0 Å². The monoisotopic (exact) mass is 521 g/mol. The van der Waals surface area contributed by atoms with Crippen LogP contribution in [0.15, 0.2) is 47.7 Å². The number of rotatable bonds is 5. The summed E-state index contributed by atoms with van der Waals surface area (Å²) < 4.78 is 1.91. The van der Waals surface area contributed by atoms with Crippen LogP contribution in [0.1, 0.15) is 62.0 Å². The molecule has 1 aliphatic heterocycles. The number of aliphatic imine (C=N–C) groups is 1. The predicted octanol–water partition coefficient (Wildman–Crippen LogP) is 4.77. The number of likely N-dealkylation sites (tertiary alicyclic amines) is 1. The lowest BCUT2D eigenvalue weighted by Crippen LogP contribution is -2.40. The third-order valence-electron chi connectivity index (χ3n) is 6.64. The van der Waals surface area contributed by atoms with Crippen molar-refractivity contribution in [2.75, 3.05) is 26.2 Å². The minimum atomic E-state index is 0. The molecular formula is C24H36IN5. The van der Waals surface area contributed by atoms with Crippen LogP contribution in [0.3, 0.4) is 0 Å². The van der Waals surface area contributed by atoms with Crippen LogP contribution in [0.2, 0.25) is 0 Å². The largest absolute Gasteiger partial charge is 0.357 e. The van der Waals surface area contributed by atoms with Crippen LogP contribution in [0.25, 0.3) is 0 Å². The van der Waals surface area contributed by atoms with Gasteiger partial charge in [0.25, 0.3) is 0 Å². The number of aromatic nitrogens is 2. The maximum atomic E-state index is 5.06. The fraction of sp³-hybridized carbons (Fsp3) is 0.583. The smallest absolute Gasteiger partial charge is 0.193 e. The molecule has 0 bridgehead atoms. The number of hydrogen-bond donors (Lipinski definition) is 1. The van der Waals surface area contributed by atoms with E-state index in [1.165, 1.54) is 43.2 Å². The van der Waals surface area contributed by atoms with Gasteiger partial charge in [0, 0.05) is 45.3 Å². The maximum Gasteiger partial charge on any atom is 0.193 e. The van der Waals surface area contributed by atoms with E-state index in [-0.39, 0.29) is 24.0 Å². The summed E-state index contributed by atoms with van der Waals surface area (Å²) in [7, 11) is 1.99. The SMILES string of the molecule is CCNC(=NCC1CCC(c2ccccc2)CC1)N1CCC(c2cnn(C)c2)C1.I. The lowest BCUT2D eigenvalue weighted by atomic mass is 9.79. The summed E-state index contributed by atoms with van der Waals surface area (Å²) in [6.07, 6.45) is 10.5. The van der Waals surface area contributed by atoms with Gasteiger partial charge in [-0.3, -0.25) is 9.67 Å². The van der Waals surface area contributed by atoms with Crippen LogP contribution in [-0.4, -0.2) is 46.8 Å². The summed E-state index contributed by atoms with van der Waals surface area (Å²) in [5, 5.41) is 7.88. The Morgan fingerprint density at radius 3 is 2.50 bits per heavy atom. The minimum Gasteiger partial charge on any atom is -0.357 e. The van der Waals surface area contributed by atoms with Crippen molar-refractivity contribution in [3.05, 3.63) is 53.9 Å². The van der Waals surface area contributed by atoms with Crippen molar-refractivity contribution in [1.82, 2.24) is 20.0 Å². The molecule has 2 fully saturated rings. The molecule has 4 rings (SSSR count). The number of halogens is 1. The zero-order valence-electron chi connectivity index (χ0n) is 18.3. The Balaban J connectivity index is 0.00000256. The van der Waals surface area contributed by atoms with Gasteiger partial charge < -0.3 is 10.2 Å². The Kier molecular flexibility index (Phi) is 8.60. The first-order valence-corrected chi connectivity index (χ1v) is 11.3. The third kappa shape index (κ3) is 5.77. The highest BCUT2D eigenvalue weighted by molar-refractivity contribution is 14.0. The fourth-order valence-electron chi connectivity index (χ4n) is 4.92. The van der Waals surface area contributed by atoms with E-state index in [2.05, 4.69) is 58.8 Å². The van der Waals surface area contributed by atoms with Crippen molar-refractivity contribution in [2.24, 2.45) is 18.0 Å². The standard InChI is InChI=1S/C24H35N5.HI/c1-3-25-24(29-14-13-22(18-29)23-16-27-28(2)17-23)26-15-19-9-11-21(12-10-19)20-7-5-4-6-8-20;/h4-8,16-17,19,21-22H,3,9-15,18H2,1-2H3,(H,25,26);1H. The maximum absolute atomic E-state index is 5.06. The summed E-state index contributed by atoms with van der Waals surface area (Å²) in [4.78, 5) is 7.50. The average molecular weight is 521 g/mol. The molecule has 30 heavy (non-hydrogen) atoms. The lowest BCUT2D eigenvalue weighted by Gasteiger charge is -2.28. The van der Waals surface area contributed by atoms with E-state index in [0.717, 1.165) is 44.0 Å². The van der Waals surface area contributed by atoms with Gasteiger partial charge in [-0.05, 0) is 62.0 Å². The number of aryl methyl sites for hydroxylation is 1. The summed E-state index contributed by atoms with van der Waals surface area (Å²) in [5.41, 5.74) is 2.87. The van der Waals surface area contributed by atoms with Crippen molar-refractivity contribution < 1.29 is 0 Å². The van der Waals surface area contributed by atoms with Crippen molar-refractivity contribution in [3.8, 4) is 0 Å². The molecule has 2 heterocycles. The molecule has 164 valence electrons. The van der Waals surface area contributed by atoms with E-state index in [4.69, 9.17) is 4.99 Å². The van der Waals surface area contributed by atoms with Gasteiger partial charge in [-0.25, -0.2) is 0 Å². The van der Waals surface area contributed by atoms with Gasteiger partial charge in [-0.2, -0.15) is 5.10 Å². The molecule has 1 aliphatic carbocycles. The van der Waals surface area contributed by atoms with E-state index >= 15 is 0 Å². The Morgan fingerprint density at radius 2 is 1.83 bits per heavy atom. The van der Waals surface area contributed by atoms with Crippen molar-refractivity contribution in [3.63, 3.8) is 0 Å². The molecule has 2 aromatic rings. The second-order valence-electron chi connectivity index (χ2n) is 8.70. The van der Waals surface area contributed by atoms with Gasteiger partial charge in [0.15, 0.2) is 5.96 Å². The molecule has 1 saturated heterocycles. The Labute approximate surface area is 198 Å². The second kappa shape index (κ2) is 11.2. The zero-order valence-corrected chi connectivity index (χ0v) is 20.7. The molecule has 1 aromatic carbocycles. The van der Waals surface area contributed by atoms with E-state index in [0.29, 0.717) is 5.92 Å². The van der Waals surface area contributed by atoms with Crippen LogP contribution in [-0.2, 0) is 7.05 Å². The molecule has 2 aliphatic rings. The molecule has 6 heteroatoms. The van der Waals surface area contributed by atoms with E-state index < -0.39 is 0 Å². The van der Waals surface area contributed by atoms with Gasteiger partial charge in [0.05, 0.1) is 6.20 Å². The van der Waals surface area contributed by atoms with Gasteiger partial charge in [-0.15, -0.1) is 24.0 Å². The number of benzene rings is 1. The van der Waals surface area contributed by atoms with Crippen LogP contribution in [0.4, 0.5) is 0 Å². The first-order valence-electron chi connectivity index (χ1n) is 11.3. The molecule has 0 amide bonds. The van der Waals surface area contributed by atoms with Gasteiger partial charge in [0.1, 0.15) is 0 Å². The summed E-state index contributed by atoms with van der Waals surface area (Å²) >= 11 is 0. The molecular weight excluding hydrogens is 485 g/mol. The lowest BCUT2D eigenvalue weighted by molar-refractivity contribution is 0.331. The Bertz CT molecular complexity index is 795. The van der Waals surface area contributed by atoms with Gasteiger partial charge in [0.2, 0.25) is 0 Å². The quantitative estimate of drug-likeness (QED) is 0.351. The van der Waals surface area contributed by atoms with Crippen LogP contribution in [0.5, 0.6) is 0 Å². The predicted molar refractivity (Wildman–Crippen MR) is 135 cm³/mol. The molecule has 5 nitrogen and oxygen atoms in total. The molecule has 1 aromatic heterocycles. The summed E-state index contributed by atoms with van der Waals surface area (Å²) in [5.74, 6) is 3.13. The summed E-state index contributed by atoms with van der Waals surface area (Å²) in [6.45, 7) is 6.16. The fourth-order valence-corrected chi connectivity index (χ4v) is 4.92. The molecule has 0 spiro atoms. The molecule has 0 radical (unpaired) electrons. The first kappa shape index (κ1) is 23.1. The average Bonchev–Trinajstić information content (AvgIpc) is 3.41. The van der Waals surface area contributed by atoms with E-state index in [9.17, 15) is 0 Å². The van der Waals surface area contributed by atoms with E-state index in [1.807, 2.05) is 17.9 Å².